The van der Waals surface area contributed by atoms with E-state index in [1.54, 1.807) is 29.5 Å². The van der Waals surface area contributed by atoms with Crippen LogP contribution in [0.3, 0.4) is 0 Å². The van der Waals surface area contributed by atoms with Crippen LogP contribution in [0.1, 0.15) is 5.56 Å². The maximum atomic E-state index is 4.13. The van der Waals surface area contributed by atoms with Crippen LogP contribution in [-0.4, -0.2) is 19.5 Å². The molecule has 0 fully saturated rings. The molecule has 0 atom stereocenters. The molecule has 60 valence electrons. The van der Waals surface area contributed by atoms with Crippen LogP contribution in [0, 0.1) is 6.92 Å². The van der Waals surface area contributed by atoms with Crippen LogP contribution in [0.15, 0.2) is 31.1 Å². The summed E-state index contributed by atoms with van der Waals surface area (Å²) in [6.07, 6.45) is 8.74. The van der Waals surface area contributed by atoms with Gasteiger partial charge < -0.3 is 0 Å². The number of hydrogen-bond acceptors (Lipinski definition) is 3. The highest BCUT2D eigenvalue weighted by molar-refractivity contribution is 5.13. The van der Waals surface area contributed by atoms with Gasteiger partial charge >= 0.3 is 0 Å². The van der Waals surface area contributed by atoms with Gasteiger partial charge in [0.1, 0.15) is 6.33 Å². The first-order valence-electron chi connectivity index (χ1n) is 3.63. The topological polar surface area (TPSA) is 43.6 Å². The van der Waals surface area contributed by atoms with Crippen LogP contribution in [0.5, 0.6) is 0 Å². The molecule has 0 aliphatic carbocycles. The molecule has 2 heterocycles. The minimum Gasteiger partial charge on any atom is -0.274 e. The average molecular weight is 160 g/mol. The van der Waals surface area contributed by atoms with Crippen molar-refractivity contribution in [1.29, 1.82) is 0 Å². The van der Waals surface area contributed by atoms with Crippen molar-refractivity contribution in [2.75, 3.05) is 0 Å². The zero-order chi connectivity index (χ0) is 8.39. The van der Waals surface area contributed by atoms with Crippen molar-refractivity contribution < 1.29 is 0 Å². The summed E-state index contributed by atoms with van der Waals surface area (Å²) in [6, 6.07) is 0. The third kappa shape index (κ3) is 1.18. The number of hydrogen-bond donors (Lipinski definition) is 0. The Kier molecular flexibility index (Phi) is 1.59. The number of rotatable bonds is 1. The number of imidazole rings is 1. The van der Waals surface area contributed by atoms with Crippen molar-refractivity contribution in [3.63, 3.8) is 0 Å². The Labute approximate surface area is 69.9 Å². The van der Waals surface area contributed by atoms with Crippen molar-refractivity contribution in [3.05, 3.63) is 36.7 Å². The summed E-state index contributed by atoms with van der Waals surface area (Å²) < 4.78 is 1.76. The Hall–Kier alpha value is -1.71. The van der Waals surface area contributed by atoms with Gasteiger partial charge in [0.15, 0.2) is 0 Å². The predicted octanol–water partition coefficient (Wildman–Crippen LogP) is 0.971. The fourth-order valence-corrected chi connectivity index (χ4v) is 0.897. The molecule has 0 aromatic carbocycles. The summed E-state index contributed by atoms with van der Waals surface area (Å²) >= 11 is 0. The molecule has 2 aromatic heterocycles. The highest BCUT2D eigenvalue weighted by Gasteiger charge is 1.95. The van der Waals surface area contributed by atoms with Gasteiger partial charge in [-0.25, -0.2) is 15.0 Å². The fraction of sp³-hybridized carbons (Fsp3) is 0.125. The van der Waals surface area contributed by atoms with Gasteiger partial charge in [0.2, 0.25) is 5.95 Å². The Bertz CT molecular complexity index is 349. The molecule has 0 N–H and O–H groups in total. The van der Waals surface area contributed by atoms with Gasteiger partial charge in [-0.15, -0.1) is 0 Å². The maximum absolute atomic E-state index is 4.13. The van der Waals surface area contributed by atoms with E-state index in [4.69, 9.17) is 0 Å². The lowest BCUT2D eigenvalue weighted by Gasteiger charge is -1.97. The minimum atomic E-state index is 0.651. The SMILES string of the molecule is Cc1cnc(-n2ccnc2)nc1. The Balaban J connectivity index is 2.43. The molecule has 4 heteroatoms. The molecule has 12 heavy (non-hydrogen) atoms. The monoisotopic (exact) mass is 160 g/mol. The third-order valence-corrected chi connectivity index (χ3v) is 1.50. The van der Waals surface area contributed by atoms with E-state index < -0.39 is 0 Å². The largest absolute Gasteiger partial charge is 0.274 e. The lowest BCUT2D eigenvalue weighted by molar-refractivity contribution is 0.918. The smallest absolute Gasteiger partial charge is 0.234 e. The van der Waals surface area contributed by atoms with E-state index in [-0.39, 0.29) is 0 Å². The van der Waals surface area contributed by atoms with Crippen molar-refractivity contribution in [2.24, 2.45) is 0 Å². The van der Waals surface area contributed by atoms with Crippen molar-refractivity contribution in [1.82, 2.24) is 19.5 Å². The van der Waals surface area contributed by atoms with E-state index in [2.05, 4.69) is 15.0 Å². The molecular weight excluding hydrogens is 152 g/mol. The van der Waals surface area contributed by atoms with Gasteiger partial charge in [-0.05, 0) is 12.5 Å². The fourth-order valence-electron chi connectivity index (χ4n) is 0.897. The van der Waals surface area contributed by atoms with Crippen molar-refractivity contribution in [3.8, 4) is 5.95 Å². The molecule has 0 bridgehead atoms. The first kappa shape index (κ1) is 6.97. The van der Waals surface area contributed by atoms with E-state index in [1.807, 2.05) is 13.1 Å². The van der Waals surface area contributed by atoms with Crippen molar-refractivity contribution in [2.45, 2.75) is 6.92 Å². The molecule has 0 aliphatic rings. The van der Waals surface area contributed by atoms with Gasteiger partial charge in [0, 0.05) is 24.8 Å². The zero-order valence-corrected chi connectivity index (χ0v) is 6.68. The quantitative estimate of drug-likeness (QED) is 0.624. The summed E-state index contributed by atoms with van der Waals surface area (Å²) in [5, 5.41) is 0. The lowest BCUT2D eigenvalue weighted by Crippen LogP contribution is -1.97. The molecule has 4 nitrogen and oxygen atoms in total. The Morgan fingerprint density at radius 1 is 1.25 bits per heavy atom. The number of nitrogens with zero attached hydrogens (tertiary/aromatic N) is 4. The second kappa shape index (κ2) is 2.73. The van der Waals surface area contributed by atoms with Gasteiger partial charge in [-0.2, -0.15) is 0 Å². The maximum Gasteiger partial charge on any atom is 0.234 e. The van der Waals surface area contributed by atoms with Gasteiger partial charge in [-0.1, -0.05) is 0 Å². The van der Waals surface area contributed by atoms with Crippen molar-refractivity contribution >= 4 is 0 Å². The minimum absolute atomic E-state index is 0.651. The molecule has 2 aromatic rings. The molecule has 0 amide bonds. The van der Waals surface area contributed by atoms with Gasteiger partial charge in [0.25, 0.3) is 0 Å². The summed E-state index contributed by atoms with van der Waals surface area (Å²) in [7, 11) is 0. The van der Waals surface area contributed by atoms with Crippen LogP contribution in [0.4, 0.5) is 0 Å². The summed E-state index contributed by atoms with van der Waals surface area (Å²) in [6.45, 7) is 1.96. The summed E-state index contributed by atoms with van der Waals surface area (Å²) in [4.78, 5) is 12.2. The van der Waals surface area contributed by atoms with Crippen LogP contribution in [-0.2, 0) is 0 Å². The van der Waals surface area contributed by atoms with E-state index in [1.165, 1.54) is 0 Å². The Morgan fingerprint density at radius 2 is 2.00 bits per heavy atom. The second-order valence-corrected chi connectivity index (χ2v) is 2.53. The highest BCUT2D eigenvalue weighted by atomic mass is 15.2. The predicted molar refractivity (Wildman–Crippen MR) is 43.9 cm³/mol. The van der Waals surface area contributed by atoms with E-state index in [9.17, 15) is 0 Å². The molecular formula is C8H8N4. The first-order chi connectivity index (χ1) is 5.86. The number of aryl methyl sites for hydroxylation is 1. The second-order valence-electron chi connectivity index (χ2n) is 2.53. The highest BCUT2D eigenvalue weighted by Crippen LogP contribution is 1.98. The molecule has 0 aliphatic heterocycles. The van der Waals surface area contributed by atoms with Gasteiger partial charge in [-0.3, -0.25) is 4.57 Å². The van der Waals surface area contributed by atoms with E-state index in [0.717, 1.165) is 5.56 Å². The van der Waals surface area contributed by atoms with Crippen LogP contribution < -0.4 is 0 Å². The van der Waals surface area contributed by atoms with Crippen LogP contribution in [0.25, 0.3) is 5.95 Å². The van der Waals surface area contributed by atoms with Crippen LogP contribution in [0.2, 0.25) is 0 Å². The molecule has 0 radical (unpaired) electrons. The standard InChI is InChI=1S/C8H8N4/c1-7-4-10-8(11-5-7)12-3-2-9-6-12/h2-6H,1H3. The first-order valence-corrected chi connectivity index (χ1v) is 3.63. The Morgan fingerprint density at radius 3 is 2.58 bits per heavy atom. The van der Waals surface area contributed by atoms with E-state index >= 15 is 0 Å². The molecule has 2 rings (SSSR count). The number of aromatic nitrogens is 4. The average Bonchev–Trinajstić information content (AvgIpc) is 2.58. The lowest BCUT2D eigenvalue weighted by atomic mass is 10.4. The zero-order valence-electron chi connectivity index (χ0n) is 6.68. The molecule has 0 unspecified atom stereocenters. The normalized spacial score (nSPS) is 10.1. The third-order valence-electron chi connectivity index (χ3n) is 1.50. The van der Waals surface area contributed by atoms with Crippen LogP contribution >= 0.6 is 0 Å². The molecule has 0 spiro atoms. The van der Waals surface area contributed by atoms with E-state index in [0.29, 0.717) is 5.95 Å². The molecule has 0 saturated carbocycles. The van der Waals surface area contributed by atoms with Gasteiger partial charge in [0.05, 0.1) is 0 Å². The summed E-state index contributed by atoms with van der Waals surface area (Å²) in [5.74, 6) is 0.651. The molecule has 0 saturated heterocycles. The summed E-state index contributed by atoms with van der Waals surface area (Å²) in [5.41, 5.74) is 1.05.